The molecule has 0 amide bonds. The molecule has 1 unspecified atom stereocenters. The lowest BCUT2D eigenvalue weighted by Gasteiger charge is -2.30. The number of nitrogens with zero attached hydrogens (tertiary/aromatic N) is 5. The van der Waals surface area contributed by atoms with Crippen molar-refractivity contribution in [3.8, 4) is 11.3 Å². The van der Waals surface area contributed by atoms with Crippen LogP contribution in [0.5, 0.6) is 0 Å². The molecule has 1 aliphatic heterocycles. The number of halogens is 1. The summed E-state index contributed by atoms with van der Waals surface area (Å²) in [5.41, 5.74) is 8.14. The van der Waals surface area contributed by atoms with Crippen LogP contribution in [0.2, 0.25) is 5.02 Å². The molecule has 0 bridgehead atoms. The van der Waals surface area contributed by atoms with Crippen molar-refractivity contribution >= 4 is 33.5 Å². The van der Waals surface area contributed by atoms with Crippen LogP contribution in [0.15, 0.2) is 48.7 Å². The predicted molar refractivity (Wildman–Crippen MR) is 160 cm³/mol. The number of benzene rings is 2. The molecule has 1 saturated heterocycles. The molecule has 5 aromatic rings. The third kappa shape index (κ3) is 4.80. The van der Waals surface area contributed by atoms with Gasteiger partial charge in [-0.1, -0.05) is 35.0 Å². The minimum atomic E-state index is -0.974. The van der Waals surface area contributed by atoms with Crippen LogP contribution >= 0.6 is 11.6 Å². The molecular formula is C32H36ClN5O2. The zero-order valence-electron chi connectivity index (χ0n) is 23.8. The molecule has 7 nitrogen and oxygen atoms in total. The SMILES string of the molecule is Cc1cc(Cl)ccc1C(CC1CCOCC1)n1c2cc(C(C)(C)O)ccc2c2ncc(-c3c(C)nnn3C)cc21. The van der Waals surface area contributed by atoms with Gasteiger partial charge in [0.15, 0.2) is 0 Å². The van der Waals surface area contributed by atoms with Crippen LogP contribution < -0.4 is 0 Å². The zero-order valence-corrected chi connectivity index (χ0v) is 24.5. The predicted octanol–water partition coefficient (Wildman–Crippen LogP) is 6.89. The highest BCUT2D eigenvalue weighted by molar-refractivity contribution is 6.30. The lowest BCUT2D eigenvalue weighted by molar-refractivity contribution is 0.0609. The summed E-state index contributed by atoms with van der Waals surface area (Å²) < 4.78 is 9.97. The van der Waals surface area contributed by atoms with Gasteiger partial charge >= 0.3 is 0 Å². The van der Waals surface area contributed by atoms with E-state index in [1.54, 1.807) is 4.68 Å². The Bertz CT molecular complexity index is 1690. The maximum absolute atomic E-state index is 11.0. The Hall–Kier alpha value is -3.26. The highest BCUT2D eigenvalue weighted by atomic mass is 35.5. The van der Waals surface area contributed by atoms with Gasteiger partial charge in [-0.15, -0.1) is 5.10 Å². The fourth-order valence-electron chi connectivity index (χ4n) is 6.29. The van der Waals surface area contributed by atoms with Gasteiger partial charge in [0.05, 0.1) is 39.6 Å². The van der Waals surface area contributed by atoms with Crippen LogP contribution in [-0.2, 0) is 17.4 Å². The molecule has 1 aliphatic rings. The summed E-state index contributed by atoms with van der Waals surface area (Å²) in [7, 11) is 1.91. The van der Waals surface area contributed by atoms with Gasteiger partial charge in [-0.3, -0.25) is 4.98 Å². The van der Waals surface area contributed by atoms with Crippen molar-refractivity contribution in [3.05, 3.63) is 76.1 Å². The summed E-state index contributed by atoms with van der Waals surface area (Å²) in [4.78, 5) is 5.03. The van der Waals surface area contributed by atoms with E-state index in [4.69, 9.17) is 21.3 Å². The third-order valence-electron chi connectivity index (χ3n) is 8.41. The summed E-state index contributed by atoms with van der Waals surface area (Å²) >= 11 is 6.43. The van der Waals surface area contributed by atoms with Gasteiger partial charge in [-0.2, -0.15) is 0 Å². The lowest BCUT2D eigenvalue weighted by atomic mass is 9.87. The first kappa shape index (κ1) is 26.9. The Morgan fingerprint density at radius 2 is 1.85 bits per heavy atom. The van der Waals surface area contributed by atoms with Gasteiger partial charge in [-0.25, -0.2) is 4.68 Å². The maximum Gasteiger partial charge on any atom is 0.0960 e. The molecule has 4 heterocycles. The van der Waals surface area contributed by atoms with Gasteiger partial charge in [0, 0.05) is 42.4 Å². The van der Waals surface area contributed by atoms with Crippen LogP contribution in [0.25, 0.3) is 33.2 Å². The van der Waals surface area contributed by atoms with E-state index in [0.29, 0.717) is 5.92 Å². The van der Waals surface area contributed by atoms with Gasteiger partial charge in [0.25, 0.3) is 0 Å². The van der Waals surface area contributed by atoms with E-state index in [1.807, 2.05) is 46.1 Å². The van der Waals surface area contributed by atoms with Crippen LogP contribution in [0, 0.1) is 19.8 Å². The van der Waals surface area contributed by atoms with Gasteiger partial charge in [0.1, 0.15) is 0 Å². The number of aromatic nitrogens is 5. The van der Waals surface area contributed by atoms with Crippen LogP contribution in [-0.4, -0.2) is 42.9 Å². The molecule has 1 fully saturated rings. The monoisotopic (exact) mass is 557 g/mol. The van der Waals surface area contributed by atoms with Crippen molar-refractivity contribution in [2.75, 3.05) is 13.2 Å². The molecule has 1 atom stereocenters. The van der Waals surface area contributed by atoms with Crippen molar-refractivity contribution in [2.45, 2.75) is 58.6 Å². The topological polar surface area (TPSA) is 78.0 Å². The summed E-state index contributed by atoms with van der Waals surface area (Å²) in [6, 6.07) is 14.7. The van der Waals surface area contributed by atoms with E-state index in [9.17, 15) is 5.11 Å². The Kier molecular flexibility index (Phi) is 6.93. The first-order valence-corrected chi connectivity index (χ1v) is 14.4. The minimum absolute atomic E-state index is 0.0419. The second-order valence-corrected chi connectivity index (χ2v) is 12.1. The lowest BCUT2D eigenvalue weighted by Crippen LogP contribution is -2.22. The number of fused-ring (bicyclic) bond motifs is 3. The summed E-state index contributed by atoms with van der Waals surface area (Å²) in [5, 5.41) is 21.3. The number of hydrogen-bond donors (Lipinski definition) is 1. The fraction of sp³-hybridized carbons (Fsp3) is 0.406. The van der Waals surface area contributed by atoms with E-state index in [-0.39, 0.29) is 6.04 Å². The molecule has 0 saturated carbocycles. The van der Waals surface area contributed by atoms with Crippen molar-refractivity contribution in [2.24, 2.45) is 13.0 Å². The number of aryl methyl sites for hydroxylation is 3. The van der Waals surface area contributed by atoms with E-state index < -0.39 is 5.60 Å². The van der Waals surface area contributed by atoms with Crippen LogP contribution in [0.1, 0.15) is 61.5 Å². The normalized spacial score (nSPS) is 15.8. The molecular weight excluding hydrogens is 522 g/mol. The Morgan fingerprint density at radius 1 is 1.07 bits per heavy atom. The van der Waals surface area contributed by atoms with Crippen molar-refractivity contribution in [1.82, 2.24) is 24.5 Å². The van der Waals surface area contributed by atoms with Crippen molar-refractivity contribution in [1.29, 1.82) is 0 Å². The molecule has 0 radical (unpaired) electrons. The molecule has 8 heteroatoms. The number of ether oxygens (including phenoxy) is 1. The van der Waals surface area contributed by atoms with Crippen molar-refractivity contribution < 1.29 is 9.84 Å². The first-order valence-electron chi connectivity index (χ1n) is 14.0. The number of rotatable bonds is 6. The maximum atomic E-state index is 11.0. The van der Waals surface area contributed by atoms with Crippen LogP contribution in [0.3, 0.4) is 0 Å². The largest absolute Gasteiger partial charge is 0.386 e. The second-order valence-electron chi connectivity index (χ2n) is 11.7. The standard InChI is InChI=1S/C32H36ClN5O2/c1-19-14-24(33)7-9-25(19)27(15-21-10-12-40-13-11-21)38-28-17-23(32(3,4)39)6-8-26(28)30-29(38)16-22(18-34-30)31-20(2)35-36-37(31)5/h6-9,14,16-18,21,27,39H,10-13,15H2,1-5H3. The molecule has 1 N–H and O–H groups in total. The van der Waals surface area contributed by atoms with E-state index in [2.05, 4.69) is 52.1 Å². The van der Waals surface area contributed by atoms with Crippen LogP contribution in [0.4, 0.5) is 0 Å². The van der Waals surface area contributed by atoms with Gasteiger partial charge < -0.3 is 14.4 Å². The Morgan fingerprint density at radius 3 is 2.52 bits per heavy atom. The molecule has 208 valence electrons. The highest BCUT2D eigenvalue weighted by Gasteiger charge is 2.28. The molecule has 6 rings (SSSR count). The number of hydrogen-bond acceptors (Lipinski definition) is 5. The first-order chi connectivity index (χ1) is 19.1. The molecule has 0 spiro atoms. The smallest absolute Gasteiger partial charge is 0.0960 e. The number of aliphatic hydroxyl groups is 1. The third-order valence-corrected chi connectivity index (χ3v) is 8.65. The van der Waals surface area contributed by atoms with E-state index in [0.717, 1.165) is 87.5 Å². The number of pyridine rings is 1. The summed E-state index contributed by atoms with van der Waals surface area (Å²) in [6.07, 6.45) is 4.97. The minimum Gasteiger partial charge on any atom is -0.386 e. The molecule has 3 aromatic heterocycles. The van der Waals surface area contributed by atoms with Crippen molar-refractivity contribution in [3.63, 3.8) is 0 Å². The molecule has 2 aromatic carbocycles. The Balaban J connectivity index is 1.67. The van der Waals surface area contributed by atoms with E-state index >= 15 is 0 Å². The van der Waals surface area contributed by atoms with E-state index in [1.165, 1.54) is 5.56 Å². The Labute approximate surface area is 239 Å². The quantitative estimate of drug-likeness (QED) is 0.246. The second kappa shape index (κ2) is 10.3. The summed E-state index contributed by atoms with van der Waals surface area (Å²) in [6.45, 7) is 9.37. The van der Waals surface area contributed by atoms with Gasteiger partial charge in [0.2, 0.25) is 0 Å². The van der Waals surface area contributed by atoms with Gasteiger partial charge in [-0.05, 0) is 93.8 Å². The average Bonchev–Trinajstić information content (AvgIpc) is 3.42. The molecule has 0 aliphatic carbocycles. The highest BCUT2D eigenvalue weighted by Crippen LogP contribution is 2.41. The molecule has 40 heavy (non-hydrogen) atoms. The zero-order chi connectivity index (χ0) is 28.2. The summed E-state index contributed by atoms with van der Waals surface area (Å²) in [5.74, 6) is 0.526. The fourth-order valence-corrected chi connectivity index (χ4v) is 6.52. The average molecular weight is 558 g/mol.